The van der Waals surface area contributed by atoms with Gasteiger partial charge in [0.1, 0.15) is 0 Å². The summed E-state index contributed by atoms with van der Waals surface area (Å²) >= 11 is 0. The van der Waals surface area contributed by atoms with Crippen LogP contribution in [0.3, 0.4) is 0 Å². The van der Waals surface area contributed by atoms with E-state index >= 15 is 0 Å². The lowest BCUT2D eigenvalue weighted by Gasteiger charge is -2.25. The Kier molecular flexibility index (Phi) is 4.31. The molecule has 1 aromatic rings. The summed E-state index contributed by atoms with van der Waals surface area (Å²) in [5.41, 5.74) is 1.31. The van der Waals surface area contributed by atoms with E-state index in [9.17, 15) is 0 Å². The van der Waals surface area contributed by atoms with Gasteiger partial charge in [-0.15, -0.1) is 0 Å². The monoisotopic (exact) mass is 219 g/mol. The van der Waals surface area contributed by atoms with Crippen LogP contribution in [-0.4, -0.2) is 24.1 Å². The molecule has 0 saturated carbocycles. The van der Waals surface area contributed by atoms with E-state index in [-0.39, 0.29) is 0 Å². The van der Waals surface area contributed by atoms with Gasteiger partial charge in [-0.3, -0.25) is 4.98 Å². The van der Waals surface area contributed by atoms with Gasteiger partial charge >= 0.3 is 0 Å². The molecule has 88 valence electrons. The van der Waals surface area contributed by atoms with Crippen LogP contribution < -0.4 is 10.6 Å². The quantitative estimate of drug-likeness (QED) is 0.812. The average molecular weight is 219 g/mol. The topological polar surface area (TPSA) is 37.0 Å². The van der Waals surface area contributed by atoms with Gasteiger partial charge in [0, 0.05) is 31.0 Å². The van der Waals surface area contributed by atoms with Crippen LogP contribution in [0.25, 0.3) is 0 Å². The summed E-state index contributed by atoms with van der Waals surface area (Å²) in [6.45, 7) is 4.44. The van der Waals surface area contributed by atoms with Crippen molar-refractivity contribution < 1.29 is 0 Å². The van der Waals surface area contributed by atoms with E-state index in [1.807, 2.05) is 12.4 Å². The Hall–Kier alpha value is -0.930. The largest absolute Gasteiger partial charge is 0.313 e. The number of hydrogen-bond acceptors (Lipinski definition) is 3. The fourth-order valence-corrected chi connectivity index (χ4v) is 2.19. The number of nitrogens with zero attached hydrogens (tertiary/aromatic N) is 1. The summed E-state index contributed by atoms with van der Waals surface area (Å²) in [7, 11) is 0. The molecule has 0 bridgehead atoms. The molecule has 0 aliphatic carbocycles. The van der Waals surface area contributed by atoms with Crippen LogP contribution >= 0.6 is 0 Å². The van der Waals surface area contributed by atoms with Gasteiger partial charge < -0.3 is 10.6 Å². The van der Waals surface area contributed by atoms with Crippen molar-refractivity contribution in [2.24, 2.45) is 0 Å². The third-order valence-electron chi connectivity index (χ3n) is 3.29. The zero-order valence-corrected chi connectivity index (χ0v) is 9.95. The van der Waals surface area contributed by atoms with E-state index in [4.69, 9.17) is 0 Å². The van der Waals surface area contributed by atoms with Crippen molar-refractivity contribution >= 4 is 0 Å². The Labute approximate surface area is 97.7 Å². The number of aromatic nitrogens is 1. The van der Waals surface area contributed by atoms with Crippen LogP contribution in [0.2, 0.25) is 0 Å². The van der Waals surface area contributed by atoms with Crippen LogP contribution in [-0.2, 0) is 0 Å². The highest BCUT2D eigenvalue weighted by molar-refractivity contribution is 5.13. The first kappa shape index (κ1) is 11.6. The van der Waals surface area contributed by atoms with Gasteiger partial charge in [0.05, 0.1) is 0 Å². The molecule has 0 aromatic carbocycles. The van der Waals surface area contributed by atoms with Crippen molar-refractivity contribution in [2.75, 3.05) is 13.1 Å². The first-order valence-corrected chi connectivity index (χ1v) is 6.23. The van der Waals surface area contributed by atoms with Crippen LogP contribution in [0.1, 0.15) is 37.8 Å². The Morgan fingerprint density at radius 1 is 1.44 bits per heavy atom. The van der Waals surface area contributed by atoms with Gasteiger partial charge in [0.2, 0.25) is 0 Å². The fourth-order valence-electron chi connectivity index (χ4n) is 2.19. The van der Waals surface area contributed by atoms with E-state index in [0.717, 1.165) is 6.54 Å². The van der Waals surface area contributed by atoms with Crippen molar-refractivity contribution in [2.45, 2.75) is 38.3 Å². The minimum absolute atomic E-state index is 0.409. The molecule has 1 aliphatic rings. The molecule has 2 heterocycles. The Morgan fingerprint density at radius 2 is 2.25 bits per heavy atom. The number of piperidine rings is 1. The van der Waals surface area contributed by atoms with Gasteiger partial charge in [-0.05, 0) is 44.0 Å². The SMILES string of the molecule is C[C@H](NCC1CCCCN1)c1ccncc1. The lowest BCUT2D eigenvalue weighted by atomic mass is 10.0. The molecule has 0 spiro atoms. The molecule has 2 N–H and O–H groups in total. The summed E-state index contributed by atoms with van der Waals surface area (Å²) in [5.74, 6) is 0. The summed E-state index contributed by atoms with van der Waals surface area (Å²) in [5, 5.41) is 7.13. The number of rotatable bonds is 4. The summed E-state index contributed by atoms with van der Waals surface area (Å²) < 4.78 is 0. The normalized spacial score (nSPS) is 22.9. The first-order valence-electron chi connectivity index (χ1n) is 6.23. The lowest BCUT2D eigenvalue weighted by Crippen LogP contribution is -2.42. The molecule has 3 heteroatoms. The third-order valence-corrected chi connectivity index (χ3v) is 3.29. The molecular weight excluding hydrogens is 198 g/mol. The highest BCUT2D eigenvalue weighted by atomic mass is 15.0. The van der Waals surface area contributed by atoms with E-state index in [0.29, 0.717) is 12.1 Å². The van der Waals surface area contributed by atoms with Crippen LogP contribution in [0.5, 0.6) is 0 Å². The van der Waals surface area contributed by atoms with E-state index in [2.05, 4.69) is 34.7 Å². The number of hydrogen-bond donors (Lipinski definition) is 2. The number of pyridine rings is 1. The van der Waals surface area contributed by atoms with Crippen molar-refractivity contribution in [1.29, 1.82) is 0 Å². The van der Waals surface area contributed by atoms with E-state index < -0.39 is 0 Å². The second-order valence-corrected chi connectivity index (χ2v) is 4.56. The molecule has 0 amide bonds. The van der Waals surface area contributed by atoms with Crippen LogP contribution in [0.4, 0.5) is 0 Å². The highest BCUT2D eigenvalue weighted by Gasteiger charge is 2.13. The van der Waals surface area contributed by atoms with Crippen LogP contribution in [0.15, 0.2) is 24.5 Å². The Morgan fingerprint density at radius 3 is 2.94 bits per heavy atom. The molecule has 3 nitrogen and oxygen atoms in total. The molecule has 1 aromatic heterocycles. The standard InChI is InChI=1S/C13H21N3/c1-11(12-5-8-14-9-6-12)16-10-13-4-2-3-7-15-13/h5-6,8-9,11,13,15-16H,2-4,7,10H2,1H3/t11-,13?/m0/s1. The molecular formula is C13H21N3. The maximum Gasteiger partial charge on any atom is 0.0293 e. The average Bonchev–Trinajstić information content (AvgIpc) is 2.38. The van der Waals surface area contributed by atoms with Crippen molar-refractivity contribution in [3.63, 3.8) is 0 Å². The predicted octanol–water partition coefficient (Wildman–Crippen LogP) is 1.87. The predicted molar refractivity (Wildman–Crippen MR) is 66.3 cm³/mol. The molecule has 1 aliphatic heterocycles. The molecule has 16 heavy (non-hydrogen) atoms. The molecule has 2 rings (SSSR count). The zero-order chi connectivity index (χ0) is 11.2. The minimum Gasteiger partial charge on any atom is -0.313 e. The molecule has 1 fully saturated rings. The molecule has 0 radical (unpaired) electrons. The van der Waals surface area contributed by atoms with Gasteiger partial charge in [0.15, 0.2) is 0 Å². The fraction of sp³-hybridized carbons (Fsp3) is 0.615. The maximum atomic E-state index is 4.04. The van der Waals surface area contributed by atoms with Crippen molar-refractivity contribution in [1.82, 2.24) is 15.6 Å². The smallest absolute Gasteiger partial charge is 0.0293 e. The van der Waals surface area contributed by atoms with E-state index in [1.165, 1.54) is 31.4 Å². The Balaban J connectivity index is 1.77. The highest BCUT2D eigenvalue weighted by Crippen LogP contribution is 2.11. The molecule has 2 atom stereocenters. The maximum absolute atomic E-state index is 4.04. The third kappa shape index (κ3) is 3.29. The van der Waals surface area contributed by atoms with Gasteiger partial charge in [-0.1, -0.05) is 6.42 Å². The second kappa shape index (κ2) is 5.97. The molecule has 1 unspecified atom stereocenters. The van der Waals surface area contributed by atoms with Crippen molar-refractivity contribution in [3.05, 3.63) is 30.1 Å². The first-order chi connectivity index (χ1) is 7.86. The van der Waals surface area contributed by atoms with Crippen LogP contribution in [0, 0.1) is 0 Å². The van der Waals surface area contributed by atoms with E-state index in [1.54, 1.807) is 0 Å². The summed E-state index contributed by atoms with van der Waals surface area (Å²) in [6.07, 6.45) is 7.70. The number of nitrogens with one attached hydrogen (secondary N) is 2. The van der Waals surface area contributed by atoms with Gasteiger partial charge in [-0.25, -0.2) is 0 Å². The molecule has 1 saturated heterocycles. The lowest BCUT2D eigenvalue weighted by molar-refractivity contribution is 0.371. The van der Waals surface area contributed by atoms with Crippen molar-refractivity contribution in [3.8, 4) is 0 Å². The Bertz CT molecular complexity index is 293. The van der Waals surface area contributed by atoms with Gasteiger partial charge in [-0.2, -0.15) is 0 Å². The second-order valence-electron chi connectivity index (χ2n) is 4.56. The summed E-state index contributed by atoms with van der Waals surface area (Å²) in [6, 6.07) is 5.21. The summed E-state index contributed by atoms with van der Waals surface area (Å²) in [4.78, 5) is 4.04. The minimum atomic E-state index is 0.409. The van der Waals surface area contributed by atoms with Gasteiger partial charge in [0.25, 0.3) is 0 Å². The zero-order valence-electron chi connectivity index (χ0n) is 9.95.